The molecular formula is C10H16IO4PS. The third-order valence-electron chi connectivity index (χ3n) is 3.08. The summed E-state index contributed by atoms with van der Waals surface area (Å²) in [7, 11) is -0.151. The van der Waals surface area contributed by atoms with Gasteiger partial charge >= 0.3 is 5.97 Å². The molecule has 1 saturated heterocycles. The zero-order valence-electron chi connectivity index (χ0n) is 10.8. The van der Waals surface area contributed by atoms with Crippen molar-refractivity contribution < 1.29 is 18.5 Å². The van der Waals surface area contributed by atoms with Gasteiger partial charge in [0.05, 0.1) is 12.0 Å². The Kier molecular flexibility index (Phi) is 5.39. The summed E-state index contributed by atoms with van der Waals surface area (Å²) < 4.78 is 18.3. The minimum Gasteiger partial charge on any atom is -0.461 e. The quantitative estimate of drug-likeness (QED) is 0.319. The predicted octanol–water partition coefficient (Wildman–Crippen LogP) is 2.35. The summed E-state index contributed by atoms with van der Waals surface area (Å²) in [5, 5.41) is 0. The molecule has 0 aromatic heterocycles. The normalized spacial score (nSPS) is 38.1. The Hall–Kier alpha value is 0.480. The lowest BCUT2D eigenvalue weighted by Crippen LogP contribution is -2.50. The smallest absolute Gasteiger partial charge is 0.311 e. The van der Waals surface area contributed by atoms with E-state index in [1.54, 1.807) is 13.8 Å². The highest BCUT2D eigenvalue weighted by molar-refractivity contribution is 14.2. The number of aldehydes is 1. The Bertz CT molecular complexity index is 368. The zero-order valence-corrected chi connectivity index (χ0v) is 13.7. The number of hydrogen-bond donors (Lipinski definition) is 0. The van der Waals surface area contributed by atoms with Crippen molar-refractivity contribution >= 4 is 48.9 Å². The molecule has 0 radical (unpaired) electrons. The lowest BCUT2D eigenvalue weighted by atomic mass is 9.82. The molecule has 6 atom stereocenters. The molecule has 7 heteroatoms. The van der Waals surface area contributed by atoms with Crippen LogP contribution in [0.15, 0.2) is 0 Å². The van der Waals surface area contributed by atoms with Crippen LogP contribution in [0.4, 0.5) is 0 Å². The first kappa shape index (κ1) is 13.9. The summed E-state index contributed by atoms with van der Waals surface area (Å²) in [4.78, 5) is 22.6. The molecule has 0 aliphatic carbocycles. The number of esters is 1. The molecule has 0 aromatic carbocycles. The number of carbonyl (C=O) groups excluding carboxylic acids is 2. The molecule has 1 fully saturated rings. The fraction of sp³-hybridized carbons (Fsp3) is 0.800. The summed E-state index contributed by atoms with van der Waals surface area (Å²) in [6, 6.07) is 0. The van der Waals surface area contributed by atoms with Crippen LogP contribution in [-0.4, -0.2) is 25.7 Å². The van der Waals surface area contributed by atoms with E-state index in [0.717, 1.165) is 6.29 Å². The highest BCUT2D eigenvalue weighted by atomic mass is 127. The summed E-state index contributed by atoms with van der Waals surface area (Å²) >= 11 is 2.05. The van der Waals surface area contributed by atoms with Crippen molar-refractivity contribution in [3.05, 3.63) is 0 Å². The van der Waals surface area contributed by atoms with Crippen LogP contribution in [0.5, 0.6) is 0 Å². The molecule has 4 nitrogen and oxygen atoms in total. The van der Waals surface area contributed by atoms with E-state index in [2.05, 4.69) is 21.2 Å². The molecule has 0 spiro atoms. The average molecular weight is 392 g/mol. The third kappa shape index (κ3) is 3.72. The SMILES string of the molecule is [3H]P=S(I)O[C@H]1[C@H](C)[C@H]([C@@H](C)C=O)OC(=O)[C@@H]1C. The Morgan fingerprint density at radius 2 is 2.35 bits per heavy atom. The average Bonchev–Trinajstić information content (AvgIpc) is 2.37. The van der Waals surface area contributed by atoms with E-state index in [9.17, 15) is 9.59 Å². The maximum Gasteiger partial charge on any atom is 0.311 e. The van der Waals surface area contributed by atoms with E-state index in [4.69, 9.17) is 10.2 Å². The van der Waals surface area contributed by atoms with Crippen molar-refractivity contribution in [3.63, 3.8) is 0 Å². The van der Waals surface area contributed by atoms with Crippen molar-refractivity contribution in [1.29, 1.82) is 1.28 Å². The third-order valence-corrected chi connectivity index (χ3v) is 4.34. The van der Waals surface area contributed by atoms with Gasteiger partial charge in [-0.25, -0.2) is 0 Å². The van der Waals surface area contributed by atoms with E-state index in [-0.39, 0.29) is 29.8 Å². The summed E-state index contributed by atoms with van der Waals surface area (Å²) in [6.07, 6.45) is 0.0670. The van der Waals surface area contributed by atoms with Crippen LogP contribution in [-0.2, 0) is 26.0 Å². The van der Waals surface area contributed by atoms with Gasteiger partial charge in [-0.15, -0.1) is 0 Å². The molecule has 0 aromatic rings. The monoisotopic (exact) mass is 392 g/mol. The summed E-state index contributed by atoms with van der Waals surface area (Å²) in [5.74, 6) is -1.08. The number of cyclic esters (lactones) is 1. The van der Waals surface area contributed by atoms with E-state index >= 15 is 0 Å². The molecule has 1 heterocycles. The van der Waals surface area contributed by atoms with Crippen LogP contribution in [0.25, 0.3) is 0 Å². The van der Waals surface area contributed by atoms with E-state index in [0.29, 0.717) is 7.96 Å². The Labute approximate surface area is 119 Å². The lowest BCUT2D eigenvalue weighted by Gasteiger charge is -2.39. The molecule has 0 amide bonds. The fourth-order valence-electron chi connectivity index (χ4n) is 2.05. The number of carbonyl (C=O) groups is 2. The number of rotatable bonds is 4. The molecule has 1 unspecified atom stereocenters. The molecule has 1 aliphatic rings. The van der Waals surface area contributed by atoms with Gasteiger partial charge < -0.3 is 13.7 Å². The second kappa shape index (κ2) is 6.59. The van der Waals surface area contributed by atoms with Gasteiger partial charge in [-0.3, -0.25) is 4.79 Å². The van der Waals surface area contributed by atoms with Crippen LogP contribution in [0.1, 0.15) is 20.8 Å². The fourth-order valence-corrected chi connectivity index (χ4v) is 3.59. The minimum absolute atomic E-state index is 0.0515. The van der Waals surface area contributed by atoms with Crippen molar-refractivity contribution in [1.82, 2.24) is 0 Å². The maximum atomic E-state index is 11.8. The van der Waals surface area contributed by atoms with Crippen LogP contribution < -0.4 is 0 Å². The highest BCUT2D eigenvalue weighted by Crippen LogP contribution is 2.33. The molecule has 17 heavy (non-hydrogen) atoms. The minimum atomic E-state index is -0.548. The van der Waals surface area contributed by atoms with Crippen LogP contribution in [0.2, 0.25) is 0 Å². The van der Waals surface area contributed by atoms with Crippen LogP contribution in [0.3, 0.4) is 0 Å². The molecule has 1 rings (SSSR count). The second-order valence-electron chi connectivity index (χ2n) is 4.31. The molecular weight excluding hydrogens is 374 g/mol. The van der Waals surface area contributed by atoms with Gasteiger partial charge in [0.15, 0.2) is 0 Å². The first-order valence-corrected chi connectivity index (χ1v) is 10.1. The van der Waals surface area contributed by atoms with E-state index in [1.165, 1.54) is 0 Å². The second-order valence-corrected chi connectivity index (χ2v) is 10.4. The van der Waals surface area contributed by atoms with Gasteiger partial charge in [0.25, 0.3) is 0 Å². The Balaban J connectivity index is 2.91. The molecule has 0 N–H and O–H groups in total. The zero-order chi connectivity index (χ0) is 13.9. The molecule has 1 aliphatic heterocycles. The van der Waals surface area contributed by atoms with Gasteiger partial charge in [0, 0.05) is 40.6 Å². The van der Waals surface area contributed by atoms with Crippen LogP contribution in [0, 0.1) is 17.8 Å². The van der Waals surface area contributed by atoms with Crippen molar-refractivity contribution in [3.8, 4) is 0 Å². The largest absolute Gasteiger partial charge is 0.461 e. The van der Waals surface area contributed by atoms with Gasteiger partial charge in [-0.2, -0.15) is 0 Å². The molecule has 0 saturated carbocycles. The number of hydrogen-bond acceptors (Lipinski definition) is 4. The van der Waals surface area contributed by atoms with E-state index < -0.39 is 13.6 Å². The maximum absolute atomic E-state index is 11.8. The van der Waals surface area contributed by atoms with Gasteiger partial charge in [0.2, 0.25) is 0 Å². The summed E-state index contributed by atoms with van der Waals surface area (Å²) in [6.45, 7) is 5.42. The predicted molar refractivity (Wildman–Crippen MR) is 78.0 cm³/mol. The standard InChI is InChI=1S/C10H16IO4PS/c1-5(4-12)8-6(2)9(15-17(11)16)7(3)10(13)14-8/h4-9,16H,1-3H3/t5-,6+,7+,8-,9-,17?/m0/s1/i16T. The van der Waals surface area contributed by atoms with E-state index in [1.807, 2.05) is 6.92 Å². The topological polar surface area (TPSA) is 52.6 Å². The Morgan fingerprint density at radius 1 is 1.71 bits per heavy atom. The van der Waals surface area contributed by atoms with Gasteiger partial charge in [0.1, 0.15) is 13.7 Å². The van der Waals surface area contributed by atoms with Crippen molar-refractivity contribution in [2.45, 2.75) is 33.0 Å². The van der Waals surface area contributed by atoms with Gasteiger partial charge in [-0.05, 0) is 6.92 Å². The van der Waals surface area contributed by atoms with Crippen molar-refractivity contribution in [2.24, 2.45) is 17.8 Å². The first-order valence-electron chi connectivity index (χ1n) is 5.75. The van der Waals surface area contributed by atoms with Crippen molar-refractivity contribution in [2.75, 3.05) is 0 Å². The lowest BCUT2D eigenvalue weighted by molar-refractivity contribution is -0.178. The highest BCUT2D eigenvalue weighted by Gasteiger charge is 2.44. The molecule has 98 valence electrons. The number of halogens is 1. The van der Waals surface area contributed by atoms with Gasteiger partial charge in [-0.1, -0.05) is 21.8 Å². The summed E-state index contributed by atoms with van der Waals surface area (Å²) in [5.41, 5.74) is 0. The molecule has 0 bridgehead atoms. The number of ether oxygens (including phenoxy) is 1. The Morgan fingerprint density at radius 3 is 2.88 bits per heavy atom. The van der Waals surface area contributed by atoms with Crippen LogP contribution >= 0.6 is 29.2 Å². The first-order chi connectivity index (χ1) is 8.42.